The number of carbonyl (C=O) groups is 2. The van der Waals surface area contributed by atoms with Crippen LogP contribution in [-0.4, -0.2) is 50.7 Å². The van der Waals surface area contributed by atoms with Gasteiger partial charge in [0.25, 0.3) is 0 Å². The van der Waals surface area contributed by atoms with Crippen LogP contribution in [0.3, 0.4) is 0 Å². The van der Waals surface area contributed by atoms with Crippen molar-refractivity contribution >= 4 is 18.0 Å². The zero-order valence-electron chi connectivity index (χ0n) is 14.7. The lowest BCUT2D eigenvalue weighted by molar-refractivity contribution is -0.141. The van der Waals surface area contributed by atoms with Gasteiger partial charge in [0.2, 0.25) is 5.91 Å². The molecule has 0 aliphatic carbocycles. The molecular formula is C18H25NO5. The fourth-order valence-electron chi connectivity index (χ4n) is 2.09. The Labute approximate surface area is 143 Å². The first-order valence-electron chi connectivity index (χ1n) is 7.90. The summed E-state index contributed by atoms with van der Waals surface area (Å²) in [6.45, 7) is 5.17. The van der Waals surface area contributed by atoms with Crippen LogP contribution in [0.5, 0.6) is 11.5 Å². The number of amides is 1. The summed E-state index contributed by atoms with van der Waals surface area (Å²) in [5, 5.41) is 0. The van der Waals surface area contributed by atoms with Gasteiger partial charge in [0, 0.05) is 19.2 Å². The lowest BCUT2D eigenvalue weighted by Gasteiger charge is -2.18. The van der Waals surface area contributed by atoms with Gasteiger partial charge in [0.15, 0.2) is 11.5 Å². The Hall–Kier alpha value is -2.50. The third kappa shape index (κ3) is 5.95. The van der Waals surface area contributed by atoms with Crippen LogP contribution in [0.15, 0.2) is 24.3 Å². The van der Waals surface area contributed by atoms with Gasteiger partial charge in [0.1, 0.15) is 0 Å². The number of nitrogens with zero attached hydrogens (tertiary/aromatic N) is 1. The summed E-state index contributed by atoms with van der Waals surface area (Å²) >= 11 is 0. The number of hydrogen-bond donors (Lipinski definition) is 0. The fourth-order valence-corrected chi connectivity index (χ4v) is 2.09. The van der Waals surface area contributed by atoms with Crippen molar-refractivity contribution in [3.63, 3.8) is 0 Å². The van der Waals surface area contributed by atoms with E-state index in [0.717, 1.165) is 5.56 Å². The molecule has 0 aliphatic rings. The molecule has 1 aromatic carbocycles. The highest BCUT2D eigenvalue weighted by Gasteiger charge is 2.11. The van der Waals surface area contributed by atoms with Crippen LogP contribution in [0.1, 0.15) is 25.8 Å². The van der Waals surface area contributed by atoms with Gasteiger partial charge in [-0.1, -0.05) is 6.07 Å². The van der Waals surface area contributed by atoms with E-state index in [2.05, 4.69) is 4.74 Å². The first-order chi connectivity index (χ1) is 11.5. The lowest BCUT2D eigenvalue weighted by atomic mass is 10.2. The molecule has 0 heterocycles. The minimum Gasteiger partial charge on any atom is -0.493 e. The quantitative estimate of drug-likeness (QED) is 0.512. The molecule has 0 radical (unpaired) electrons. The first-order valence-corrected chi connectivity index (χ1v) is 7.90. The predicted molar refractivity (Wildman–Crippen MR) is 92.1 cm³/mol. The molecule has 0 bridgehead atoms. The summed E-state index contributed by atoms with van der Waals surface area (Å²) in [5.41, 5.74) is 0.827. The molecule has 0 saturated heterocycles. The molecule has 0 atom stereocenters. The second kappa shape index (κ2) is 10.3. The number of hydrogen-bond acceptors (Lipinski definition) is 5. The van der Waals surface area contributed by atoms with Gasteiger partial charge in [-0.2, -0.15) is 0 Å². The van der Waals surface area contributed by atoms with E-state index in [1.165, 1.54) is 13.2 Å². The van der Waals surface area contributed by atoms with E-state index >= 15 is 0 Å². The van der Waals surface area contributed by atoms with Crippen molar-refractivity contribution in [2.75, 3.05) is 33.9 Å². The standard InChI is InChI=1S/C18H25NO5/c1-5-19(12-11-18(21)23-4)17(20)10-8-14-7-9-15(24-6-2)16(13-14)22-3/h7-10,13H,5-6,11-12H2,1-4H3/b10-8+. The highest BCUT2D eigenvalue weighted by Crippen LogP contribution is 2.28. The number of benzene rings is 1. The Morgan fingerprint density at radius 3 is 2.50 bits per heavy atom. The number of likely N-dealkylation sites (N-methyl/N-ethyl adjacent to an activating group) is 1. The molecule has 0 fully saturated rings. The van der Waals surface area contributed by atoms with Crippen LogP contribution in [0.25, 0.3) is 6.08 Å². The Kier molecular flexibility index (Phi) is 8.39. The molecule has 1 amide bonds. The summed E-state index contributed by atoms with van der Waals surface area (Å²) in [6.07, 6.45) is 3.37. The zero-order valence-corrected chi connectivity index (χ0v) is 14.7. The summed E-state index contributed by atoms with van der Waals surface area (Å²) in [7, 11) is 2.90. The third-order valence-corrected chi connectivity index (χ3v) is 3.41. The van der Waals surface area contributed by atoms with E-state index in [1.54, 1.807) is 30.2 Å². The average molecular weight is 335 g/mol. The van der Waals surface area contributed by atoms with Crippen LogP contribution < -0.4 is 9.47 Å². The van der Waals surface area contributed by atoms with Crippen molar-refractivity contribution in [2.45, 2.75) is 20.3 Å². The lowest BCUT2D eigenvalue weighted by Crippen LogP contribution is -2.31. The van der Waals surface area contributed by atoms with Gasteiger partial charge in [-0.15, -0.1) is 0 Å². The first kappa shape index (κ1) is 19.5. The van der Waals surface area contributed by atoms with E-state index in [4.69, 9.17) is 9.47 Å². The second-order valence-corrected chi connectivity index (χ2v) is 4.92. The van der Waals surface area contributed by atoms with Gasteiger partial charge < -0.3 is 19.1 Å². The highest BCUT2D eigenvalue weighted by molar-refractivity contribution is 5.92. The molecule has 24 heavy (non-hydrogen) atoms. The number of carbonyl (C=O) groups excluding carboxylic acids is 2. The maximum atomic E-state index is 12.2. The minimum absolute atomic E-state index is 0.158. The maximum absolute atomic E-state index is 12.2. The number of ether oxygens (including phenoxy) is 3. The van der Waals surface area contributed by atoms with Crippen molar-refractivity contribution in [1.29, 1.82) is 0 Å². The molecular weight excluding hydrogens is 310 g/mol. The molecule has 132 valence electrons. The summed E-state index contributed by atoms with van der Waals surface area (Å²) in [6, 6.07) is 5.46. The molecule has 0 spiro atoms. The van der Waals surface area contributed by atoms with Gasteiger partial charge in [-0.25, -0.2) is 0 Å². The van der Waals surface area contributed by atoms with Crippen molar-refractivity contribution < 1.29 is 23.8 Å². The van der Waals surface area contributed by atoms with Crippen molar-refractivity contribution in [1.82, 2.24) is 4.90 Å². The van der Waals surface area contributed by atoms with Crippen LogP contribution in [0, 0.1) is 0 Å². The predicted octanol–water partition coefficient (Wildman–Crippen LogP) is 2.52. The van der Waals surface area contributed by atoms with Gasteiger partial charge in [-0.05, 0) is 37.6 Å². The van der Waals surface area contributed by atoms with Crippen LogP contribution in [0.2, 0.25) is 0 Å². The number of rotatable bonds is 9. The van der Waals surface area contributed by atoms with E-state index in [0.29, 0.717) is 31.2 Å². The smallest absolute Gasteiger partial charge is 0.307 e. The second-order valence-electron chi connectivity index (χ2n) is 4.92. The molecule has 0 unspecified atom stereocenters. The molecule has 1 rings (SSSR count). The highest BCUT2D eigenvalue weighted by atomic mass is 16.5. The van der Waals surface area contributed by atoms with Crippen LogP contribution >= 0.6 is 0 Å². The largest absolute Gasteiger partial charge is 0.493 e. The third-order valence-electron chi connectivity index (χ3n) is 3.41. The normalized spacial score (nSPS) is 10.5. The van der Waals surface area contributed by atoms with E-state index in [9.17, 15) is 9.59 Å². The Bertz CT molecular complexity index is 583. The van der Waals surface area contributed by atoms with Crippen molar-refractivity contribution in [3.05, 3.63) is 29.8 Å². The van der Waals surface area contributed by atoms with Gasteiger partial charge in [-0.3, -0.25) is 9.59 Å². The number of esters is 1. The Morgan fingerprint density at radius 2 is 1.92 bits per heavy atom. The Morgan fingerprint density at radius 1 is 1.17 bits per heavy atom. The summed E-state index contributed by atoms with van der Waals surface area (Å²) in [5.74, 6) is 0.789. The molecule has 0 N–H and O–H groups in total. The molecule has 0 aliphatic heterocycles. The molecule has 0 aromatic heterocycles. The van der Waals surface area contributed by atoms with E-state index < -0.39 is 0 Å². The van der Waals surface area contributed by atoms with Gasteiger partial charge in [0.05, 0.1) is 27.2 Å². The molecule has 6 heteroatoms. The van der Waals surface area contributed by atoms with Crippen molar-refractivity contribution in [3.8, 4) is 11.5 Å². The average Bonchev–Trinajstić information content (AvgIpc) is 2.61. The molecule has 1 aromatic rings. The topological polar surface area (TPSA) is 65.1 Å². The minimum atomic E-state index is -0.332. The van der Waals surface area contributed by atoms with Crippen LogP contribution in [0.4, 0.5) is 0 Å². The SMILES string of the molecule is CCOc1ccc(/C=C/C(=O)N(CC)CCC(=O)OC)cc1OC. The monoisotopic (exact) mass is 335 g/mol. The van der Waals surface area contributed by atoms with E-state index in [-0.39, 0.29) is 18.3 Å². The molecule has 6 nitrogen and oxygen atoms in total. The zero-order chi connectivity index (χ0) is 17.9. The van der Waals surface area contributed by atoms with E-state index in [1.807, 2.05) is 19.9 Å². The fraction of sp³-hybridized carbons (Fsp3) is 0.444. The van der Waals surface area contributed by atoms with Crippen molar-refractivity contribution in [2.24, 2.45) is 0 Å². The van der Waals surface area contributed by atoms with Crippen LogP contribution in [-0.2, 0) is 14.3 Å². The molecule has 0 saturated carbocycles. The van der Waals surface area contributed by atoms with Gasteiger partial charge >= 0.3 is 5.97 Å². The summed E-state index contributed by atoms with van der Waals surface area (Å²) < 4.78 is 15.3. The Balaban J connectivity index is 2.75. The number of methoxy groups -OCH3 is 2. The maximum Gasteiger partial charge on any atom is 0.307 e. The summed E-state index contributed by atoms with van der Waals surface area (Å²) in [4.78, 5) is 25.0.